The lowest BCUT2D eigenvalue weighted by Gasteiger charge is -2.24. The first-order valence-corrected chi connectivity index (χ1v) is 6.62. The Hall–Kier alpha value is -1.47. The van der Waals surface area contributed by atoms with E-state index in [-0.39, 0.29) is 0 Å². The van der Waals surface area contributed by atoms with Gasteiger partial charge in [0.25, 0.3) is 0 Å². The third-order valence-corrected chi connectivity index (χ3v) is 3.50. The molecule has 0 spiro atoms. The van der Waals surface area contributed by atoms with E-state index >= 15 is 0 Å². The Kier molecular flexibility index (Phi) is 3.93. The molecule has 0 aromatic heterocycles. The molecule has 0 saturated carbocycles. The number of benzene rings is 2. The molecule has 0 N–H and O–H groups in total. The van der Waals surface area contributed by atoms with Crippen molar-refractivity contribution in [3.8, 4) is 0 Å². The average molecular weight is 260 g/mol. The smallest absolute Gasteiger partial charge is 0.0494 e. The highest BCUT2D eigenvalue weighted by Gasteiger charge is 2.10. The summed E-state index contributed by atoms with van der Waals surface area (Å²) in [5, 5.41) is 0. The van der Waals surface area contributed by atoms with Crippen LogP contribution in [0.4, 0.5) is 11.4 Å². The van der Waals surface area contributed by atoms with Crippen LogP contribution < -0.4 is 4.90 Å². The van der Waals surface area contributed by atoms with Gasteiger partial charge in [0.15, 0.2) is 0 Å². The van der Waals surface area contributed by atoms with Gasteiger partial charge < -0.3 is 4.90 Å². The molecule has 0 bridgehead atoms. The van der Waals surface area contributed by atoms with E-state index in [0.717, 1.165) is 5.56 Å². The minimum absolute atomic E-state index is 0.533. The van der Waals surface area contributed by atoms with Crippen LogP contribution in [0.5, 0.6) is 0 Å². The average Bonchev–Trinajstić information content (AvgIpc) is 2.38. The number of anilines is 2. The van der Waals surface area contributed by atoms with Gasteiger partial charge in [-0.15, -0.1) is 11.6 Å². The lowest BCUT2D eigenvalue weighted by Crippen LogP contribution is -2.12. The molecule has 0 aliphatic carbocycles. The Bertz CT molecular complexity index is 549. The molecule has 0 atom stereocenters. The fraction of sp³-hybridized carbons (Fsp3) is 0.250. The summed E-state index contributed by atoms with van der Waals surface area (Å²) in [7, 11) is 2.09. The molecule has 0 unspecified atom stereocenters. The van der Waals surface area contributed by atoms with Crippen molar-refractivity contribution in [3.63, 3.8) is 0 Å². The van der Waals surface area contributed by atoms with E-state index in [1.54, 1.807) is 0 Å². The van der Waals surface area contributed by atoms with Gasteiger partial charge in [0.05, 0.1) is 0 Å². The second kappa shape index (κ2) is 5.45. The molecule has 2 aromatic carbocycles. The molecule has 0 aliphatic rings. The van der Waals surface area contributed by atoms with Crippen LogP contribution >= 0.6 is 11.6 Å². The van der Waals surface area contributed by atoms with Gasteiger partial charge in [-0.2, -0.15) is 0 Å². The zero-order valence-electron chi connectivity index (χ0n) is 11.1. The molecule has 0 heterocycles. The highest BCUT2D eigenvalue weighted by atomic mass is 35.5. The van der Waals surface area contributed by atoms with Crippen molar-refractivity contribution in [2.24, 2.45) is 0 Å². The molecule has 2 aromatic rings. The molecule has 0 amide bonds. The summed E-state index contributed by atoms with van der Waals surface area (Å²) < 4.78 is 0. The van der Waals surface area contributed by atoms with Crippen molar-refractivity contribution in [2.45, 2.75) is 19.7 Å². The Morgan fingerprint density at radius 2 is 1.72 bits per heavy atom. The molecule has 0 fully saturated rings. The number of para-hydroxylation sites is 1. The molecule has 2 rings (SSSR count). The van der Waals surface area contributed by atoms with Crippen LogP contribution in [-0.2, 0) is 5.88 Å². The van der Waals surface area contributed by atoms with Gasteiger partial charge in [-0.05, 0) is 37.1 Å². The quantitative estimate of drug-likeness (QED) is 0.715. The van der Waals surface area contributed by atoms with Crippen molar-refractivity contribution in [1.29, 1.82) is 0 Å². The summed E-state index contributed by atoms with van der Waals surface area (Å²) >= 11 is 6.00. The van der Waals surface area contributed by atoms with E-state index < -0.39 is 0 Å². The normalized spacial score (nSPS) is 10.4. The number of hydrogen-bond acceptors (Lipinski definition) is 1. The number of aryl methyl sites for hydroxylation is 2. The zero-order valence-corrected chi connectivity index (χ0v) is 11.8. The first-order valence-electron chi connectivity index (χ1n) is 6.08. The number of nitrogens with zero attached hydrogens (tertiary/aromatic N) is 1. The molecule has 1 nitrogen and oxygen atoms in total. The molecular formula is C16H18ClN. The zero-order chi connectivity index (χ0) is 13.1. The van der Waals surface area contributed by atoms with Crippen LogP contribution in [0.3, 0.4) is 0 Å². The van der Waals surface area contributed by atoms with Gasteiger partial charge in [-0.3, -0.25) is 0 Å². The first kappa shape index (κ1) is 13.0. The highest BCUT2D eigenvalue weighted by Crippen LogP contribution is 2.30. The summed E-state index contributed by atoms with van der Waals surface area (Å²) in [6.07, 6.45) is 0. The third-order valence-electron chi connectivity index (χ3n) is 3.21. The van der Waals surface area contributed by atoms with Crippen molar-refractivity contribution in [2.75, 3.05) is 11.9 Å². The van der Waals surface area contributed by atoms with E-state index in [2.05, 4.69) is 56.1 Å². The van der Waals surface area contributed by atoms with Gasteiger partial charge in [-0.25, -0.2) is 0 Å². The number of hydrogen-bond donors (Lipinski definition) is 0. The van der Waals surface area contributed by atoms with Crippen molar-refractivity contribution in [1.82, 2.24) is 0 Å². The van der Waals surface area contributed by atoms with Crippen LogP contribution in [0, 0.1) is 13.8 Å². The first-order chi connectivity index (χ1) is 8.63. The van der Waals surface area contributed by atoms with Crippen LogP contribution in [0.25, 0.3) is 0 Å². The lowest BCUT2D eigenvalue weighted by atomic mass is 10.1. The Morgan fingerprint density at radius 1 is 1.00 bits per heavy atom. The van der Waals surface area contributed by atoms with Gasteiger partial charge in [0.2, 0.25) is 0 Å². The van der Waals surface area contributed by atoms with E-state index in [1.165, 1.54) is 22.5 Å². The second-order valence-electron chi connectivity index (χ2n) is 4.61. The fourth-order valence-electron chi connectivity index (χ4n) is 2.26. The Morgan fingerprint density at radius 3 is 2.39 bits per heavy atom. The topological polar surface area (TPSA) is 3.24 Å². The third kappa shape index (κ3) is 2.51. The Labute approximate surface area is 114 Å². The highest BCUT2D eigenvalue weighted by molar-refractivity contribution is 6.17. The van der Waals surface area contributed by atoms with Crippen LogP contribution in [-0.4, -0.2) is 7.05 Å². The van der Waals surface area contributed by atoms with E-state index in [0.29, 0.717) is 5.88 Å². The minimum Gasteiger partial charge on any atom is -0.344 e. The summed E-state index contributed by atoms with van der Waals surface area (Å²) in [4.78, 5) is 2.20. The van der Waals surface area contributed by atoms with Gasteiger partial charge in [-0.1, -0.05) is 35.9 Å². The van der Waals surface area contributed by atoms with Crippen LogP contribution in [0.1, 0.15) is 16.7 Å². The van der Waals surface area contributed by atoms with Crippen molar-refractivity contribution < 1.29 is 0 Å². The van der Waals surface area contributed by atoms with E-state index in [1.807, 2.05) is 12.1 Å². The van der Waals surface area contributed by atoms with Gasteiger partial charge in [0.1, 0.15) is 0 Å². The predicted octanol–water partition coefficient (Wildman–Crippen LogP) is 4.81. The summed E-state index contributed by atoms with van der Waals surface area (Å²) in [5.41, 5.74) is 6.11. The summed E-state index contributed by atoms with van der Waals surface area (Å²) in [6, 6.07) is 14.8. The van der Waals surface area contributed by atoms with Gasteiger partial charge in [0, 0.05) is 24.3 Å². The molecule has 94 valence electrons. The molecule has 0 radical (unpaired) electrons. The summed E-state index contributed by atoms with van der Waals surface area (Å²) in [5.74, 6) is 0.533. The minimum atomic E-state index is 0.533. The molecular weight excluding hydrogens is 242 g/mol. The largest absolute Gasteiger partial charge is 0.344 e. The maximum absolute atomic E-state index is 6.00. The fourth-order valence-corrected chi connectivity index (χ4v) is 2.49. The number of rotatable bonds is 3. The molecule has 2 heteroatoms. The summed E-state index contributed by atoms with van der Waals surface area (Å²) in [6.45, 7) is 4.26. The molecule has 0 aliphatic heterocycles. The van der Waals surface area contributed by atoms with Crippen molar-refractivity contribution in [3.05, 3.63) is 59.2 Å². The maximum atomic E-state index is 6.00. The van der Waals surface area contributed by atoms with Crippen molar-refractivity contribution >= 4 is 23.0 Å². The molecule has 18 heavy (non-hydrogen) atoms. The van der Waals surface area contributed by atoms with Crippen LogP contribution in [0.15, 0.2) is 42.5 Å². The van der Waals surface area contributed by atoms with Gasteiger partial charge >= 0.3 is 0 Å². The molecule has 0 saturated heterocycles. The second-order valence-corrected chi connectivity index (χ2v) is 4.88. The SMILES string of the molecule is Cc1ccc(N(C)c2ccccc2CCl)c(C)c1. The monoisotopic (exact) mass is 259 g/mol. The standard InChI is InChI=1S/C16H18ClN/c1-12-8-9-15(13(2)10-12)18(3)16-7-5-4-6-14(16)11-17/h4-10H,11H2,1-3H3. The van der Waals surface area contributed by atoms with Crippen LogP contribution in [0.2, 0.25) is 0 Å². The number of halogens is 1. The maximum Gasteiger partial charge on any atom is 0.0494 e. The van der Waals surface area contributed by atoms with E-state index in [4.69, 9.17) is 11.6 Å². The number of alkyl halides is 1. The Balaban J connectivity index is 2.44. The van der Waals surface area contributed by atoms with E-state index in [9.17, 15) is 0 Å². The predicted molar refractivity (Wildman–Crippen MR) is 80.0 cm³/mol. The lowest BCUT2D eigenvalue weighted by molar-refractivity contribution is 1.15.